The molecule has 0 amide bonds. The minimum atomic E-state index is 0.500. The molecule has 0 N–H and O–H groups in total. The zero-order chi connectivity index (χ0) is 33.9. The van der Waals surface area contributed by atoms with Gasteiger partial charge in [0.05, 0.1) is 11.1 Å². The van der Waals surface area contributed by atoms with Crippen molar-refractivity contribution in [2.24, 2.45) is 0 Å². The van der Waals surface area contributed by atoms with E-state index in [0.29, 0.717) is 28.6 Å². The van der Waals surface area contributed by atoms with Gasteiger partial charge in [-0.05, 0) is 36.4 Å². The minimum absolute atomic E-state index is 0.500. The number of para-hydroxylation sites is 4. The van der Waals surface area contributed by atoms with Gasteiger partial charge in [0.1, 0.15) is 44.7 Å². The Morgan fingerprint density at radius 2 is 0.712 bits per heavy atom. The van der Waals surface area contributed by atoms with Crippen molar-refractivity contribution >= 4 is 87.8 Å². The third kappa shape index (κ3) is 3.87. The maximum atomic E-state index is 6.62. The van der Waals surface area contributed by atoms with Crippen LogP contribution in [0.25, 0.3) is 122 Å². The predicted molar refractivity (Wildman–Crippen MR) is 205 cm³/mol. The lowest BCUT2D eigenvalue weighted by molar-refractivity contribution is 0.656. The van der Waals surface area contributed by atoms with Crippen LogP contribution < -0.4 is 0 Å². The number of fused-ring (bicyclic) bond motifs is 12. The van der Waals surface area contributed by atoms with Gasteiger partial charge in [-0.2, -0.15) is 0 Å². The molecule has 12 rings (SSSR count). The second-order valence-corrected chi connectivity index (χ2v) is 13.1. The van der Waals surface area contributed by atoms with E-state index in [-0.39, 0.29) is 0 Å². The van der Waals surface area contributed by atoms with Crippen LogP contribution in [0.1, 0.15) is 0 Å². The highest BCUT2D eigenvalue weighted by molar-refractivity contribution is 6.18. The van der Waals surface area contributed by atoms with Crippen molar-refractivity contribution < 1.29 is 17.7 Å². The highest BCUT2D eigenvalue weighted by Gasteiger charge is 2.22. The van der Waals surface area contributed by atoms with Gasteiger partial charge in [0.25, 0.3) is 0 Å². The van der Waals surface area contributed by atoms with E-state index in [2.05, 4.69) is 36.4 Å². The van der Waals surface area contributed by atoms with Crippen molar-refractivity contribution in [2.75, 3.05) is 0 Å². The van der Waals surface area contributed by atoms with Crippen molar-refractivity contribution in [3.8, 4) is 34.2 Å². The highest BCUT2D eigenvalue weighted by atomic mass is 16.4. The topological polar surface area (TPSA) is 91.2 Å². The van der Waals surface area contributed by atoms with Crippen molar-refractivity contribution in [2.45, 2.75) is 0 Å². The SMILES string of the molecule is c1ccc(-c2nc(-c3cccc4c3oc3cc5oc6ccccc6c5cc34)nc(-c3cccc4c3oc3cc5oc6ccccc6c5cc34)n2)cc1. The Kier molecular flexibility index (Phi) is 5.38. The molecular formula is C45H23N3O4. The number of benzene rings is 7. The molecular weight excluding hydrogens is 647 g/mol. The summed E-state index contributed by atoms with van der Waals surface area (Å²) >= 11 is 0. The van der Waals surface area contributed by atoms with Crippen LogP contribution >= 0.6 is 0 Å². The van der Waals surface area contributed by atoms with E-state index in [1.807, 2.05) is 103 Å². The molecule has 0 unspecified atom stereocenters. The average molecular weight is 670 g/mol. The van der Waals surface area contributed by atoms with Gasteiger partial charge in [-0.3, -0.25) is 0 Å². The minimum Gasteiger partial charge on any atom is -0.456 e. The fraction of sp³-hybridized carbons (Fsp3) is 0. The predicted octanol–water partition coefficient (Wildman–Crippen LogP) is 12.5. The van der Waals surface area contributed by atoms with Gasteiger partial charge in [-0.1, -0.05) is 91.0 Å². The number of furan rings is 4. The molecule has 0 aliphatic rings. The molecule has 5 aromatic heterocycles. The Hall–Kier alpha value is -7.25. The maximum absolute atomic E-state index is 6.62. The smallest absolute Gasteiger partial charge is 0.167 e. The third-order valence-corrected chi connectivity index (χ3v) is 10.1. The Labute approximate surface area is 293 Å². The monoisotopic (exact) mass is 669 g/mol. The summed E-state index contributed by atoms with van der Waals surface area (Å²) in [5.74, 6) is 1.55. The summed E-state index contributed by atoms with van der Waals surface area (Å²) in [5.41, 5.74) is 8.53. The average Bonchev–Trinajstić information content (AvgIpc) is 3.95. The van der Waals surface area contributed by atoms with Crippen molar-refractivity contribution in [1.82, 2.24) is 15.0 Å². The Balaban J connectivity index is 1.09. The first-order chi connectivity index (χ1) is 25.7. The lowest BCUT2D eigenvalue weighted by Crippen LogP contribution is -2.00. The molecule has 7 nitrogen and oxygen atoms in total. The van der Waals surface area contributed by atoms with Crippen LogP contribution in [0.5, 0.6) is 0 Å². The molecule has 52 heavy (non-hydrogen) atoms. The van der Waals surface area contributed by atoms with Gasteiger partial charge in [0, 0.05) is 60.8 Å². The molecule has 0 aliphatic heterocycles. The Morgan fingerprint density at radius 1 is 0.288 bits per heavy atom. The van der Waals surface area contributed by atoms with Crippen LogP contribution in [-0.2, 0) is 0 Å². The highest BCUT2D eigenvalue weighted by Crippen LogP contribution is 2.42. The molecule has 0 bridgehead atoms. The summed E-state index contributed by atoms with van der Waals surface area (Å²) in [6.45, 7) is 0. The lowest BCUT2D eigenvalue weighted by atomic mass is 10.1. The molecule has 5 heterocycles. The summed E-state index contributed by atoms with van der Waals surface area (Å²) in [7, 11) is 0. The van der Waals surface area contributed by atoms with Crippen molar-refractivity contribution in [3.05, 3.63) is 140 Å². The lowest BCUT2D eigenvalue weighted by Gasteiger charge is -2.09. The van der Waals surface area contributed by atoms with E-state index in [1.54, 1.807) is 0 Å². The molecule has 12 aromatic rings. The molecule has 0 fully saturated rings. The first-order valence-electron chi connectivity index (χ1n) is 17.1. The number of nitrogens with zero attached hydrogens (tertiary/aromatic N) is 3. The van der Waals surface area contributed by atoms with E-state index in [1.165, 1.54) is 0 Å². The second-order valence-electron chi connectivity index (χ2n) is 13.1. The fourth-order valence-corrected chi connectivity index (χ4v) is 7.72. The van der Waals surface area contributed by atoms with Crippen LogP contribution in [0, 0.1) is 0 Å². The Morgan fingerprint density at radius 3 is 1.25 bits per heavy atom. The van der Waals surface area contributed by atoms with Crippen LogP contribution in [0.15, 0.2) is 157 Å². The van der Waals surface area contributed by atoms with Gasteiger partial charge >= 0.3 is 0 Å². The summed E-state index contributed by atoms with van der Waals surface area (Å²) in [6.07, 6.45) is 0. The van der Waals surface area contributed by atoms with Gasteiger partial charge < -0.3 is 17.7 Å². The first kappa shape index (κ1) is 27.6. The van der Waals surface area contributed by atoms with E-state index in [0.717, 1.165) is 93.3 Å². The standard InChI is InChI=1S/C45H23N3O4/c1-2-10-24(11-3-1)43-46-44(29-16-8-14-27-33-20-31-25-12-4-6-18-35(25)49-37(31)22-39(33)51-41(27)29)48-45(47-43)30-17-9-15-28-34-21-32-26-13-5-7-19-36(26)50-38(32)23-40(34)52-42(28)30/h1-23H. The summed E-state index contributed by atoms with van der Waals surface area (Å²) in [4.78, 5) is 15.2. The molecule has 242 valence electrons. The summed E-state index contributed by atoms with van der Waals surface area (Å²) in [5, 5.41) is 8.17. The molecule has 7 aromatic carbocycles. The number of hydrogen-bond donors (Lipinski definition) is 0. The third-order valence-electron chi connectivity index (χ3n) is 10.1. The van der Waals surface area contributed by atoms with Crippen LogP contribution in [0.2, 0.25) is 0 Å². The zero-order valence-electron chi connectivity index (χ0n) is 27.3. The van der Waals surface area contributed by atoms with Gasteiger partial charge in [-0.25, -0.2) is 15.0 Å². The van der Waals surface area contributed by atoms with E-state index in [4.69, 9.17) is 32.6 Å². The second kappa shape index (κ2) is 10.2. The summed E-state index contributed by atoms with van der Waals surface area (Å²) < 4.78 is 25.6. The molecule has 7 heteroatoms. The molecule has 0 saturated heterocycles. The molecule has 0 radical (unpaired) electrons. The van der Waals surface area contributed by atoms with Crippen LogP contribution in [0.3, 0.4) is 0 Å². The van der Waals surface area contributed by atoms with Crippen molar-refractivity contribution in [3.63, 3.8) is 0 Å². The first-order valence-corrected chi connectivity index (χ1v) is 17.1. The van der Waals surface area contributed by atoms with Gasteiger partial charge in [-0.15, -0.1) is 0 Å². The van der Waals surface area contributed by atoms with E-state index < -0.39 is 0 Å². The fourth-order valence-electron chi connectivity index (χ4n) is 7.72. The molecule has 0 spiro atoms. The normalized spacial score (nSPS) is 12.2. The van der Waals surface area contributed by atoms with Crippen molar-refractivity contribution in [1.29, 1.82) is 0 Å². The molecule has 0 aliphatic carbocycles. The van der Waals surface area contributed by atoms with E-state index >= 15 is 0 Å². The number of rotatable bonds is 3. The van der Waals surface area contributed by atoms with Crippen LogP contribution in [-0.4, -0.2) is 15.0 Å². The maximum Gasteiger partial charge on any atom is 0.167 e. The Bertz CT molecular complexity index is 3220. The van der Waals surface area contributed by atoms with Crippen LogP contribution in [0.4, 0.5) is 0 Å². The quantitative estimate of drug-likeness (QED) is 0.185. The van der Waals surface area contributed by atoms with Gasteiger partial charge in [0.15, 0.2) is 17.5 Å². The molecule has 0 atom stereocenters. The number of aromatic nitrogens is 3. The largest absolute Gasteiger partial charge is 0.456 e. The number of hydrogen-bond acceptors (Lipinski definition) is 7. The zero-order valence-corrected chi connectivity index (χ0v) is 27.3. The van der Waals surface area contributed by atoms with Gasteiger partial charge in [0.2, 0.25) is 0 Å². The summed E-state index contributed by atoms with van der Waals surface area (Å²) in [6, 6.07) is 46.6. The molecule has 0 saturated carbocycles. The van der Waals surface area contributed by atoms with E-state index in [9.17, 15) is 0 Å².